The number of carbonyl (C=O) groups excluding carboxylic acids is 2. The van der Waals surface area contributed by atoms with E-state index in [2.05, 4.69) is 44.9 Å². The lowest BCUT2D eigenvalue weighted by Gasteiger charge is -2.33. The molecule has 2 heterocycles. The van der Waals surface area contributed by atoms with E-state index in [-0.39, 0.29) is 43.1 Å². The zero-order valence-corrected chi connectivity index (χ0v) is 28.8. The number of carboxylic acid groups (broad SMARTS) is 1. The van der Waals surface area contributed by atoms with E-state index in [4.69, 9.17) is 10.8 Å². The topological polar surface area (TPSA) is 190 Å². The molecule has 1 aliphatic rings. The fourth-order valence-electron chi connectivity index (χ4n) is 7.05. The molecule has 50 heavy (non-hydrogen) atoms. The largest absolute Gasteiger partial charge is 0.478 e. The Labute approximate surface area is 294 Å². The minimum atomic E-state index is -1.07. The summed E-state index contributed by atoms with van der Waals surface area (Å²) in [5.74, 6) is 0.0318. The molecule has 0 spiro atoms. The summed E-state index contributed by atoms with van der Waals surface area (Å²) in [4.78, 5) is 42.6. The summed E-state index contributed by atoms with van der Waals surface area (Å²) in [6, 6.07) is 15.1. The smallest absolute Gasteiger partial charge is 0.328 e. The van der Waals surface area contributed by atoms with Crippen molar-refractivity contribution in [2.75, 3.05) is 18.5 Å². The number of aromatic amines is 1. The molecule has 0 amide bonds. The zero-order valence-electron chi connectivity index (χ0n) is 28.8. The number of anilines is 1. The Morgan fingerprint density at radius 1 is 0.960 bits per heavy atom. The first-order chi connectivity index (χ1) is 24.3. The second-order valence-corrected chi connectivity index (χ2v) is 13.4. The van der Waals surface area contributed by atoms with Gasteiger partial charge in [0.05, 0.1) is 24.7 Å². The fraction of sp³-hybridized carbons (Fsp3) is 0.487. The van der Waals surface area contributed by atoms with Gasteiger partial charge in [-0.25, -0.2) is 9.79 Å². The van der Waals surface area contributed by atoms with Crippen LogP contribution >= 0.6 is 0 Å². The number of unbranched alkanes of at least 4 members (excludes halogenated alkanes) is 3. The molecule has 0 saturated heterocycles. The Kier molecular flexibility index (Phi) is 15.5. The van der Waals surface area contributed by atoms with Crippen LogP contribution < -0.4 is 16.4 Å². The molecule has 1 aromatic heterocycles. The van der Waals surface area contributed by atoms with Crippen molar-refractivity contribution in [1.82, 2.24) is 10.3 Å². The number of nitrogens with zero attached hydrogens (tertiary/aromatic N) is 1. The number of hydrogen-bond donors (Lipinski definition) is 7. The standard InChI is InChI=1S/C39H53N5O6/c40-39-42-33(26-48)23-36(44-39)34(24-38(49)50)35(43-37-10-5-18-41-37)16-15-29(9-4-2-1-3-7-28(25-47)8-6-19-45)31-14-13-30-12-11-27(17-20-46)21-32(30)22-31/h5,10-14,18,20-22,24-25,28-29,33,35-36,41,43,45,48H,1-4,6-9,15-17,19,23,26H2,(H,49,50)(H3,40,42,44). The van der Waals surface area contributed by atoms with Crippen molar-refractivity contribution >= 4 is 41.1 Å². The number of aldehydes is 2. The van der Waals surface area contributed by atoms with E-state index in [1.54, 1.807) is 0 Å². The Morgan fingerprint density at radius 3 is 2.44 bits per heavy atom. The van der Waals surface area contributed by atoms with Crippen LogP contribution in [-0.2, 0) is 20.8 Å². The number of nitrogens with one attached hydrogen (secondary N) is 3. The van der Waals surface area contributed by atoms with Crippen molar-refractivity contribution < 1.29 is 29.7 Å². The molecule has 1 aliphatic heterocycles. The Morgan fingerprint density at radius 2 is 1.74 bits per heavy atom. The molecule has 270 valence electrons. The summed E-state index contributed by atoms with van der Waals surface area (Å²) in [6.45, 7) is -0.0466. The summed E-state index contributed by atoms with van der Waals surface area (Å²) < 4.78 is 0. The number of carbonyl (C=O) groups is 3. The number of carboxylic acids is 1. The van der Waals surface area contributed by atoms with Gasteiger partial charge in [-0.2, -0.15) is 0 Å². The summed E-state index contributed by atoms with van der Waals surface area (Å²) in [5.41, 5.74) is 8.84. The number of hydrogen-bond acceptors (Lipinski definition) is 9. The van der Waals surface area contributed by atoms with Gasteiger partial charge in [-0.1, -0.05) is 62.1 Å². The van der Waals surface area contributed by atoms with E-state index >= 15 is 0 Å². The second-order valence-electron chi connectivity index (χ2n) is 13.4. The van der Waals surface area contributed by atoms with Gasteiger partial charge in [-0.3, -0.25) is 0 Å². The number of benzene rings is 2. The van der Waals surface area contributed by atoms with Crippen LogP contribution in [0.5, 0.6) is 0 Å². The molecule has 0 radical (unpaired) electrons. The number of rotatable bonds is 23. The molecule has 0 saturated carbocycles. The quantitative estimate of drug-likeness (QED) is 0.0398. The van der Waals surface area contributed by atoms with Crippen LogP contribution in [0.25, 0.3) is 10.8 Å². The van der Waals surface area contributed by atoms with E-state index in [1.165, 1.54) is 11.6 Å². The molecule has 11 heteroatoms. The number of guanidine groups is 1. The summed E-state index contributed by atoms with van der Waals surface area (Å²) in [7, 11) is 0. The predicted octanol–water partition coefficient (Wildman–Crippen LogP) is 5.23. The van der Waals surface area contributed by atoms with Gasteiger partial charge < -0.3 is 46.3 Å². The lowest BCUT2D eigenvalue weighted by molar-refractivity contribution is -0.131. The highest BCUT2D eigenvalue weighted by atomic mass is 16.4. The lowest BCUT2D eigenvalue weighted by Crippen LogP contribution is -2.49. The fourth-order valence-corrected chi connectivity index (χ4v) is 7.05. The average molecular weight is 688 g/mol. The molecule has 4 rings (SSSR count). The highest BCUT2D eigenvalue weighted by Crippen LogP contribution is 2.34. The maximum absolute atomic E-state index is 12.2. The predicted molar refractivity (Wildman–Crippen MR) is 197 cm³/mol. The molecule has 5 atom stereocenters. The van der Waals surface area contributed by atoms with Crippen LogP contribution in [0.1, 0.15) is 87.7 Å². The molecular weight excluding hydrogens is 634 g/mol. The number of fused-ring (bicyclic) bond motifs is 1. The monoisotopic (exact) mass is 687 g/mol. The number of H-pyrrole nitrogens is 1. The van der Waals surface area contributed by atoms with Crippen LogP contribution in [0.2, 0.25) is 0 Å². The minimum Gasteiger partial charge on any atom is -0.478 e. The number of aliphatic imine (C=N–C) groups is 1. The third kappa shape index (κ3) is 11.8. The highest BCUT2D eigenvalue weighted by Gasteiger charge is 2.30. The van der Waals surface area contributed by atoms with E-state index in [0.717, 1.165) is 86.1 Å². The maximum Gasteiger partial charge on any atom is 0.328 e. The molecule has 11 nitrogen and oxygen atoms in total. The van der Waals surface area contributed by atoms with Gasteiger partial charge in [-0.05, 0) is 90.5 Å². The van der Waals surface area contributed by atoms with Crippen molar-refractivity contribution in [2.45, 2.75) is 101 Å². The Hall–Kier alpha value is -4.48. The van der Waals surface area contributed by atoms with Crippen LogP contribution in [-0.4, -0.2) is 76.1 Å². The molecular formula is C39H53N5O6. The van der Waals surface area contributed by atoms with Gasteiger partial charge in [0.15, 0.2) is 5.96 Å². The summed E-state index contributed by atoms with van der Waals surface area (Å²) in [6.07, 6.45) is 14.3. The van der Waals surface area contributed by atoms with Crippen LogP contribution in [0, 0.1) is 5.92 Å². The molecule has 8 N–H and O–H groups in total. The van der Waals surface area contributed by atoms with Gasteiger partial charge in [0.25, 0.3) is 0 Å². The first kappa shape index (κ1) is 38.3. The average Bonchev–Trinajstić information content (AvgIpc) is 3.63. The van der Waals surface area contributed by atoms with Crippen molar-refractivity contribution in [3.05, 3.63) is 77.5 Å². The first-order valence-electron chi connectivity index (χ1n) is 17.9. The molecule has 5 unspecified atom stereocenters. The number of aliphatic hydroxyl groups is 2. The highest BCUT2D eigenvalue weighted by molar-refractivity contribution is 5.85. The normalized spacial score (nSPS) is 18.1. The van der Waals surface area contributed by atoms with Gasteiger partial charge in [0, 0.05) is 31.2 Å². The first-order valence-corrected chi connectivity index (χ1v) is 17.9. The SMILES string of the molecule is NC1=NC(C(=CC(=O)O)C(CCC(CCCCCCC(C=O)CCCO)c2ccc3ccc(CC=O)cc3c2)Nc2ccc[nH]2)CC(CO)N1. The molecule has 0 fully saturated rings. The Balaban J connectivity index is 1.57. The molecule has 0 bridgehead atoms. The summed E-state index contributed by atoms with van der Waals surface area (Å²) >= 11 is 0. The van der Waals surface area contributed by atoms with Crippen LogP contribution in [0.4, 0.5) is 5.82 Å². The minimum absolute atomic E-state index is 0.000972. The molecule has 0 aliphatic carbocycles. The molecule has 2 aromatic carbocycles. The zero-order chi connectivity index (χ0) is 35.7. The van der Waals surface area contributed by atoms with E-state index in [1.807, 2.05) is 30.5 Å². The van der Waals surface area contributed by atoms with E-state index < -0.39 is 12.0 Å². The number of aromatic nitrogens is 1. The number of aliphatic carboxylic acids is 1. The van der Waals surface area contributed by atoms with Gasteiger partial charge in [-0.15, -0.1) is 0 Å². The van der Waals surface area contributed by atoms with E-state index in [9.17, 15) is 24.6 Å². The van der Waals surface area contributed by atoms with Gasteiger partial charge >= 0.3 is 5.97 Å². The third-order valence-electron chi connectivity index (χ3n) is 9.71. The van der Waals surface area contributed by atoms with Gasteiger partial charge in [0.2, 0.25) is 0 Å². The van der Waals surface area contributed by atoms with Crippen molar-refractivity contribution in [2.24, 2.45) is 16.6 Å². The Bertz CT molecular complexity index is 1570. The third-order valence-corrected chi connectivity index (χ3v) is 9.71. The van der Waals surface area contributed by atoms with E-state index in [0.29, 0.717) is 31.3 Å². The van der Waals surface area contributed by atoms with Crippen LogP contribution in [0.3, 0.4) is 0 Å². The lowest BCUT2D eigenvalue weighted by atomic mass is 9.83. The van der Waals surface area contributed by atoms with Crippen molar-refractivity contribution in [3.63, 3.8) is 0 Å². The van der Waals surface area contributed by atoms with Gasteiger partial charge in [0.1, 0.15) is 18.4 Å². The maximum atomic E-state index is 12.2. The van der Waals surface area contributed by atoms with Crippen molar-refractivity contribution in [3.8, 4) is 0 Å². The summed E-state index contributed by atoms with van der Waals surface area (Å²) in [5, 5.41) is 37.7. The number of nitrogens with two attached hydrogens (primary N) is 1. The number of aliphatic hydroxyl groups excluding tert-OH is 2. The second kappa shape index (κ2) is 20.3. The van der Waals surface area contributed by atoms with Crippen molar-refractivity contribution in [1.29, 1.82) is 0 Å². The molecule has 3 aromatic rings. The van der Waals surface area contributed by atoms with Crippen LogP contribution in [0.15, 0.2) is 71.4 Å².